The maximum atomic E-state index is 10.7. The van der Waals surface area contributed by atoms with Crippen LogP contribution < -0.4 is 0 Å². The SMILES string of the molecule is Cc1nc2cccc(Cl)c2cc1C=O. The lowest BCUT2D eigenvalue weighted by Gasteiger charge is -2.03. The van der Waals surface area contributed by atoms with E-state index in [0.717, 1.165) is 22.9 Å². The van der Waals surface area contributed by atoms with Crippen molar-refractivity contribution in [1.82, 2.24) is 4.98 Å². The highest BCUT2D eigenvalue weighted by atomic mass is 35.5. The van der Waals surface area contributed by atoms with E-state index in [1.165, 1.54) is 0 Å². The average Bonchev–Trinajstić information content (AvgIpc) is 2.17. The first-order valence-electron chi connectivity index (χ1n) is 4.23. The summed E-state index contributed by atoms with van der Waals surface area (Å²) in [6.07, 6.45) is 0.797. The molecule has 0 fully saturated rings. The minimum atomic E-state index is 0.589. The second-order valence-corrected chi connectivity index (χ2v) is 3.49. The third-order valence-electron chi connectivity index (χ3n) is 2.16. The Hall–Kier alpha value is -1.41. The van der Waals surface area contributed by atoms with Gasteiger partial charge in [0.1, 0.15) is 0 Å². The lowest BCUT2D eigenvalue weighted by atomic mass is 10.1. The average molecular weight is 206 g/mol. The highest BCUT2D eigenvalue weighted by Gasteiger charge is 2.04. The van der Waals surface area contributed by atoms with Gasteiger partial charge in [-0.1, -0.05) is 17.7 Å². The first-order chi connectivity index (χ1) is 6.72. The van der Waals surface area contributed by atoms with Crippen LogP contribution in [0.3, 0.4) is 0 Å². The Morgan fingerprint density at radius 3 is 2.93 bits per heavy atom. The van der Waals surface area contributed by atoms with Gasteiger partial charge in [-0.05, 0) is 25.1 Å². The van der Waals surface area contributed by atoms with Gasteiger partial charge in [0.2, 0.25) is 0 Å². The maximum absolute atomic E-state index is 10.7. The molecule has 0 spiro atoms. The molecule has 0 unspecified atom stereocenters. The van der Waals surface area contributed by atoms with E-state index in [4.69, 9.17) is 11.6 Å². The van der Waals surface area contributed by atoms with E-state index in [1.807, 2.05) is 19.1 Å². The summed E-state index contributed by atoms with van der Waals surface area (Å²) in [5, 5.41) is 1.44. The Morgan fingerprint density at radius 2 is 2.21 bits per heavy atom. The summed E-state index contributed by atoms with van der Waals surface area (Å²) in [5.74, 6) is 0. The van der Waals surface area contributed by atoms with Gasteiger partial charge >= 0.3 is 0 Å². The quantitative estimate of drug-likeness (QED) is 0.670. The lowest BCUT2D eigenvalue weighted by molar-refractivity contribution is 0.112. The summed E-state index contributed by atoms with van der Waals surface area (Å²) in [7, 11) is 0. The predicted molar refractivity (Wildman–Crippen MR) is 56.9 cm³/mol. The van der Waals surface area contributed by atoms with Gasteiger partial charge in [-0.15, -0.1) is 0 Å². The van der Waals surface area contributed by atoms with E-state index in [-0.39, 0.29) is 0 Å². The topological polar surface area (TPSA) is 30.0 Å². The number of halogens is 1. The third kappa shape index (κ3) is 1.38. The van der Waals surface area contributed by atoms with Gasteiger partial charge in [-0.3, -0.25) is 9.78 Å². The summed E-state index contributed by atoms with van der Waals surface area (Å²) < 4.78 is 0. The summed E-state index contributed by atoms with van der Waals surface area (Å²) in [6, 6.07) is 7.28. The molecule has 0 aliphatic heterocycles. The fraction of sp³-hybridized carbons (Fsp3) is 0.0909. The minimum absolute atomic E-state index is 0.589. The Bertz CT molecular complexity index is 508. The molecule has 1 aromatic carbocycles. The molecule has 3 heteroatoms. The Balaban J connectivity index is 2.86. The zero-order chi connectivity index (χ0) is 10.1. The van der Waals surface area contributed by atoms with Crippen LogP contribution in [-0.4, -0.2) is 11.3 Å². The number of hydrogen-bond acceptors (Lipinski definition) is 2. The van der Waals surface area contributed by atoms with Gasteiger partial charge in [0.25, 0.3) is 0 Å². The van der Waals surface area contributed by atoms with Gasteiger partial charge in [-0.25, -0.2) is 0 Å². The molecular formula is C11H8ClNO. The standard InChI is InChI=1S/C11H8ClNO/c1-7-8(6-14)5-9-10(12)3-2-4-11(9)13-7/h2-6H,1H3. The molecule has 0 aliphatic carbocycles. The number of aldehydes is 1. The second kappa shape index (κ2) is 3.39. The molecule has 0 saturated heterocycles. The van der Waals surface area contributed by atoms with Crippen molar-refractivity contribution in [1.29, 1.82) is 0 Å². The van der Waals surface area contributed by atoms with Crippen molar-refractivity contribution in [2.24, 2.45) is 0 Å². The minimum Gasteiger partial charge on any atom is -0.298 e. The molecule has 2 nitrogen and oxygen atoms in total. The monoisotopic (exact) mass is 205 g/mol. The molecule has 14 heavy (non-hydrogen) atoms. The number of aryl methyl sites for hydroxylation is 1. The summed E-state index contributed by atoms with van der Waals surface area (Å²) in [6.45, 7) is 1.81. The van der Waals surface area contributed by atoms with E-state index < -0.39 is 0 Å². The van der Waals surface area contributed by atoms with Crippen molar-refractivity contribution in [3.63, 3.8) is 0 Å². The molecule has 1 aromatic heterocycles. The van der Waals surface area contributed by atoms with E-state index in [1.54, 1.807) is 12.1 Å². The predicted octanol–water partition coefficient (Wildman–Crippen LogP) is 3.01. The van der Waals surface area contributed by atoms with Crippen LogP contribution in [0.2, 0.25) is 5.02 Å². The molecule has 0 atom stereocenters. The molecule has 2 aromatic rings. The van der Waals surface area contributed by atoms with Crippen LogP contribution >= 0.6 is 11.6 Å². The van der Waals surface area contributed by atoms with Crippen molar-refractivity contribution in [3.05, 3.63) is 40.5 Å². The van der Waals surface area contributed by atoms with Crippen LogP contribution in [0.15, 0.2) is 24.3 Å². The molecule has 1 heterocycles. The van der Waals surface area contributed by atoms with Crippen molar-refractivity contribution >= 4 is 28.8 Å². The Labute approximate surface area is 86.5 Å². The normalized spacial score (nSPS) is 10.4. The van der Waals surface area contributed by atoms with Gasteiger partial charge < -0.3 is 0 Å². The number of rotatable bonds is 1. The van der Waals surface area contributed by atoms with Gasteiger partial charge in [0.05, 0.1) is 5.52 Å². The molecule has 0 saturated carbocycles. The third-order valence-corrected chi connectivity index (χ3v) is 2.49. The number of hydrogen-bond donors (Lipinski definition) is 0. The number of carbonyl (C=O) groups is 1. The lowest BCUT2D eigenvalue weighted by Crippen LogP contribution is -1.91. The number of nitrogens with zero attached hydrogens (tertiary/aromatic N) is 1. The van der Waals surface area contributed by atoms with Crippen LogP contribution in [0.4, 0.5) is 0 Å². The van der Waals surface area contributed by atoms with Gasteiger partial charge in [-0.2, -0.15) is 0 Å². The number of benzene rings is 1. The van der Waals surface area contributed by atoms with Gasteiger partial charge in [0, 0.05) is 21.7 Å². The molecule has 0 amide bonds. The first kappa shape index (κ1) is 9.16. The summed E-state index contributed by atoms with van der Waals surface area (Å²) in [4.78, 5) is 15.0. The number of carbonyl (C=O) groups excluding carboxylic acids is 1. The van der Waals surface area contributed by atoms with E-state index in [2.05, 4.69) is 4.98 Å². The maximum Gasteiger partial charge on any atom is 0.151 e. The number of fused-ring (bicyclic) bond motifs is 1. The van der Waals surface area contributed by atoms with E-state index in [9.17, 15) is 4.79 Å². The molecule has 70 valence electrons. The zero-order valence-electron chi connectivity index (χ0n) is 7.62. The summed E-state index contributed by atoms with van der Waals surface area (Å²) >= 11 is 5.98. The van der Waals surface area contributed by atoms with E-state index in [0.29, 0.717) is 10.6 Å². The number of aromatic nitrogens is 1. The molecule has 0 radical (unpaired) electrons. The molecular weight excluding hydrogens is 198 g/mol. The van der Waals surface area contributed by atoms with Crippen molar-refractivity contribution in [3.8, 4) is 0 Å². The highest BCUT2D eigenvalue weighted by Crippen LogP contribution is 2.23. The van der Waals surface area contributed by atoms with E-state index >= 15 is 0 Å². The van der Waals surface area contributed by atoms with Crippen LogP contribution in [0.25, 0.3) is 10.9 Å². The molecule has 0 N–H and O–H groups in total. The molecule has 0 bridgehead atoms. The van der Waals surface area contributed by atoms with Crippen molar-refractivity contribution < 1.29 is 4.79 Å². The zero-order valence-corrected chi connectivity index (χ0v) is 8.38. The molecule has 2 rings (SSSR count). The Morgan fingerprint density at radius 1 is 1.43 bits per heavy atom. The van der Waals surface area contributed by atoms with Crippen LogP contribution in [0.5, 0.6) is 0 Å². The summed E-state index contributed by atoms with van der Waals surface area (Å²) in [5.41, 5.74) is 2.14. The molecule has 0 aliphatic rings. The van der Waals surface area contributed by atoms with Crippen molar-refractivity contribution in [2.45, 2.75) is 6.92 Å². The van der Waals surface area contributed by atoms with Crippen LogP contribution in [0, 0.1) is 6.92 Å². The van der Waals surface area contributed by atoms with Crippen LogP contribution in [0.1, 0.15) is 16.1 Å². The van der Waals surface area contributed by atoms with Crippen LogP contribution in [-0.2, 0) is 0 Å². The highest BCUT2D eigenvalue weighted by molar-refractivity contribution is 6.35. The van der Waals surface area contributed by atoms with Crippen molar-refractivity contribution in [2.75, 3.05) is 0 Å². The second-order valence-electron chi connectivity index (χ2n) is 3.09. The smallest absolute Gasteiger partial charge is 0.151 e. The number of pyridine rings is 1. The van der Waals surface area contributed by atoms with Gasteiger partial charge in [0.15, 0.2) is 6.29 Å². The fourth-order valence-electron chi connectivity index (χ4n) is 1.39. The Kier molecular flexibility index (Phi) is 2.22. The largest absolute Gasteiger partial charge is 0.298 e. The fourth-order valence-corrected chi connectivity index (χ4v) is 1.61. The first-order valence-corrected chi connectivity index (χ1v) is 4.61.